The lowest BCUT2D eigenvalue weighted by atomic mass is 9.80. The SMILES string of the molecule is C[C@H]1C/C(=C\c2ccc(OCC#N)cc2)c2nc3ccccc3c(C(=O)O)c2C1. The van der Waals surface area contributed by atoms with Gasteiger partial charge in [-0.05, 0) is 59.7 Å². The zero-order valence-electron chi connectivity index (χ0n) is 16.1. The summed E-state index contributed by atoms with van der Waals surface area (Å²) in [7, 11) is 0. The third-order valence-electron chi connectivity index (χ3n) is 5.16. The topological polar surface area (TPSA) is 83.2 Å². The zero-order valence-corrected chi connectivity index (χ0v) is 16.1. The molecular formula is C24H20N2O3. The Morgan fingerprint density at radius 3 is 2.72 bits per heavy atom. The molecule has 1 aliphatic carbocycles. The van der Waals surface area contributed by atoms with Crippen molar-refractivity contribution in [3.63, 3.8) is 0 Å². The lowest BCUT2D eigenvalue weighted by molar-refractivity contribution is 0.0697. The molecule has 2 aromatic carbocycles. The summed E-state index contributed by atoms with van der Waals surface area (Å²) in [5.41, 5.74) is 4.68. The van der Waals surface area contributed by atoms with Crippen LogP contribution in [0.3, 0.4) is 0 Å². The summed E-state index contributed by atoms with van der Waals surface area (Å²) in [6, 6.07) is 16.9. The van der Waals surface area contributed by atoms with Gasteiger partial charge in [0.25, 0.3) is 0 Å². The second-order valence-electron chi connectivity index (χ2n) is 7.34. The van der Waals surface area contributed by atoms with Crippen molar-refractivity contribution in [3.8, 4) is 11.8 Å². The van der Waals surface area contributed by atoms with Crippen LogP contribution in [0.1, 0.15) is 40.5 Å². The van der Waals surface area contributed by atoms with Crippen molar-refractivity contribution < 1.29 is 14.6 Å². The monoisotopic (exact) mass is 384 g/mol. The van der Waals surface area contributed by atoms with E-state index < -0.39 is 5.97 Å². The second-order valence-corrected chi connectivity index (χ2v) is 7.34. The van der Waals surface area contributed by atoms with Gasteiger partial charge in [-0.2, -0.15) is 5.26 Å². The van der Waals surface area contributed by atoms with Crippen molar-refractivity contribution in [1.82, 2.24) is 4.98 Å². The van der Waals surface area contributed by atoms with Crippen molar-refractivity contribution >= 4 is 28.5 Å². The van der Waals surface area contributed by atoms with Gasteiger partial charge in [0.15, 0.2) is 6.61 Å². The highest BCUT2D eigenvalue weighted by atomic mass is 16.5. The maximum atomic E-state index is 12.1. The smallest absolute Gasteiger partial charge is 0.336 e. The molecule has 1 aliphatic rings. The van der Waals surface area contributed by atoms with Crippen molar-refractivity contribution in [2.24, 2.45) is 5.92 Å². The summed E-state index contributed by atoms with van der Waals surface area (Å²) < 4.78 is 5.30. The van der Waals surface area contributed by atoms with Gasteiger partial charge in [-0.1, -0.05) is 37.3 Å². The van der Waals surface area contributed by atoms with Gasteiger partial charge in [-0.25, -0.2) is 9.78 Å². The molecule has 0 saturated carbocycles. The van der Waals surface area contributed by atoms with Gasteiger partial charge in [0.1, 0.15) is 11.8 Å². The van der Waals surface area contributed by atoms with E-state index in [1.165, 1.54) is 0 Å². The number of nitrogens with zero attached hydrogens (tertiary/aromatic N) is 2. The Hall–Kier alpha value is -3.65. The largest absolute Gasteiger partial charge is 0.479 e. The highest BCUT2D eigenvalue weighted by Gasteiger charge is 2.27. The fourth-order valence-electron chi connectivity index (χ4n) is 3.96. The van der Waals surface area contributed by atoms with Crippen LogP contribution in [0.25, 0.3) is 22.6 Å². The van der Waals surface area contributed by atoms with E-state index >= 15 is 0 Å². The molecule has 0 spiro atoms. The first kappa shape index (κ1) is 18.7. The molecule has 0 aliphatic heterocycles. The van der Waals surface area contributed by atoms with Crippen molar-refractivity contribution in [3.05, 3.63) is 70.9 Å². The fraction of sp³-hybridized carbons (Fsp3) is 0.208. The predicted molar refractivity (Wildman–Crippen MR) is 112 cm³/mol. The standard InChI is InChI=1S/C24H20N2O3/c1-15-12-17(14-16-6-8-18(9-7-16)29-11-10-25)23-20(13-15)22(24(27)28)19-4-2-3-5-21(19)26-23/h2-9,14-15H,11-13H2,1H3,(H,27,28)/b17-14+/t15-/m0/s1. The number of carbonyl (C=O) groups is 1. The number of rotatable bonds is 4. The van der Waals surface area contributed by atoms with E-state index in [-0.39, 0.29) is 6.61 Å². The van der Waals surface area contributed by atoms with Crippen LogP contribution in [0, 0.1) is 17.2 Å². The van der Waals surface area contributed by atoms with Gasteiger partial charge in [0.2, 0.25) is 0 Å². The zero-order chi connectivity index (χ0) is 20.4. The molecule has 4 rings (SSSR count). The number of hydrogen-bond acceptors (Lipinski definition) is 4. The summed E-state index contributed by atoms with van der Waals surface area (Å²) in [5, 5.41) is 19.2. The van der Waals surface area contributed by atoms with Crippen molar-refractivity contribution in [2.45, 2.75) is 19.8 Å². The molecule has 0 amide bonds. The third-order valence-corrected chi connectivity index (χ3v) is 5.16. The molecule has 0 unspecified atom stereocenters. The van der Waals surface area contributed by atoms with Gasteiger partial charge in [-0.3, -0.25) is 0 Å². The maximum Gasteiger partial charge on any atom is 0.336 e. The Kier molecular flexibility index (Phi) is 5.01. The molecule has 29 heavy (non-hydrogen) atoms. The third kappa shape index (κ3) is 3.70. The molecule has 3 aromatic rings. The maximum absolute atomic E-state index is 12.1. The highest BCUT2D eigenvalue weighted by molar-refractivity contribution is 6.05. The number of para-hydroxylation sites is 1. The molecule has 5 nitrogen and oxygen atoms in total. The summed E-state index contributed by atoms with van der Waals surface area (Å²) in [6.45, 7) is 2.15. The number of fused-ring (bicyclic) bond motifs is 2. The van der Waals surface area contributed by atoms with Crippen LogP contribution in [-0.2, 0) is 6.42 Å². The molecule has 1 atom stereocenters. The number of pyridine rings is 1. The van der Waals surface area contributed by atoms with E-state index in [2.05, 4.69) is 13.0 Å². The minimum absolute atomic E-state index is 0.0142. The Morgan fingerprint density at radius 2 is 2.00 bits per heavy atom. The normalized spacial score (nSPS) is 17.0. The van der Waals surface area contributed by atoms with Gasteiger partial charge in [-0.15, -0.1) is 0 Å². The van der Waals surface area contributed by atoms with Crippen molar-refractivity contribution in [1.29, 1.82) is 5.26 Å². The number of carboxylic acids is 1. The molecule has 1 N–H and O–H groups in total. The van der Waals surface area contributed by atoms with E-state index in [0.717, 1.165) is 28.8 Å². The van der Waals surface area contributed by atoms with E-state index in [1.54, 1.807) is 0 Å². The van der Waals surface area contributed by atoms with Crippen LogP contribution in [0.5, 0.6) is 5.75 Å². The highest BCUT2D eigenvalue weighted by Crippen LogP contribution is 2.38. The number of nitriles is 1. The van der Waals surface area contributed by atoms with Crippen LogP contribution in [0.2, 0.25) is 0 Å². The molecule has 0 saturated heterocycles. The number of hydrogen-bond donors (Lipinski definition) is 1. The van der Waals surface area contributed by atoms with Crippen LogP contribution >= 0.6 is 0 Å². The molecular weight excluding hydrogens is 364 g/mol. The Balaban J connectivity index is 1.83. The van der Waals surface area contributed by atoms with E-state index in [4.69, 9.17) is 15.0 Å². The lowest BCUT2D eigenvalue weighted by Gasteiger charge is -2.26. The number of benzene rings is 2. The van der Waals surface area contributed by atoms with Crippen molar-refractivity contribution in [2.75, 3.05) is 6.61 Å². The first-order valence-corrected chi connectivity index (χ1v) is 9.52. The van der Waals surface area contributed by atoms with E-state index in [1.807, 2.05) is 54.6 Å². The summed E-state index contributed by atoms with van der Waals surface area (Å²) in [6.07, 6.45) is 3.60. The van der Waals surface area contributed by atoms with Gasteiger partial charge < -0.3 is 9.84 Å². The van der Waals surface area contributed by atoms with E-state index in [0.29, 0.717) is 34.6 Å². The molecule has 1 aromatic heterocycles. The summed E-state index contributed by atoms with van der Waals surface area (Å²) in [5.74, 6) is 0.0590. The average Bonchev–Trinajstić information content (AvgIpc) is 2.71. The number of aromatic carboxylic acids is 1. The molecule has 0 bridgehead atoms. The number of allylic oxidation sites excluding steroid dienone is 1. The van der Waals surface area contributed by atoms with Gasteiger partial charge >= 0.3 is 5.97 Å². The number of aromatic nitrogens is 1. The molecule has 5 heteroatoms. The summed E-state index contributed by atoms with van der Waals surface area (Å²) >= 11 is 0. The molecule has 144 valence electrons. The molecule has 0 fully saturated rings. The summed E-state index contributed by atoms with van der Waals surface area (Å²) in [4.78, 5) is 16.9. The van der Waals surface area contributed by atoms with Crippen LogP contribution < -0.4 is 4.74 Å². The number of carboxylic acid groups (broad SMARTS) is 1. The molecule has 1 heterocycles. The quantitative estimate of drug-likeness (QED) is 0.687. The Labute approximate surface area is 168 Å². The minimum Gasteiger partial charge on any atom is -0.479 e. The first-order chi connectivity index (χ1) is 14.1. The van der Waals surface area contributed by atoms with E-state index in [9.17, 15) is 9.90 Å². The minimum atomic E-state index is -0.910. The Morgan fingerprint density at radius 1 is 1.24 bits per heavy atom. The van der Waals surface area contributed by atoms with Crippen LogP contribution in [0.4, 0.5) is 0 Å². The van der Waals surface area contributed by atoms with Gasteiger partial charge in [0.05, 0.1) is 16.8 Å². The average molecular weight is 384 g/mol. The number of ether oxygens (including phenoxy) is 1. The fourth-order valence-corrected chi connectivity index (χ4v) is 3.96. The first-order valence-electron chi connectivity index (χ1n) is 9.52. The van der Waals surface area contributed by atoms with Crippen LogP contribution in [0.15, 0.2) is 48.5 Å². The second kappa shape index (κ2) is 7.76. The lowest BCUT2D eigenvalue weighted by Crippen LogP contribution is -2.17. The molecule has 0 radical (unpaired) electrons. The van der Waals surface area contributed by atoms with Crippen LogP contribution in [-0.4, -0.2) is 22.7 Å². The Bertz CT molecular complexity index is 1160. The van der Waals surface area contributed by atoms with Gasteiger partial charge in [0, 0.05) is 5.39 Å². The predicted octanol–water partition coefficient (Wildman–Crippen LogP) is 4.96.